The molecule has 1 rings (SSSR count). The van der Waals surface area contributed by atoms with Gasteiger partial charge in [-0.15, -0.1) is 0 Å². The Labute approximate surface area is 89.2 Å². The zero-order valence-corrected chi connectivity index (χ0v) is 9.49. The molecule has 0 bridgehead atoms. The fourth-order valence-electron chi connectivity index (χ4n) is 1.69. The molecule has 1 aliphatic carbocycles. The fraction of sp³-hybridized carbons (Fsp3) is 0.800. The minimum Gasteiger partial charge on any atom is -0.337 e. The van der Waals surface area contributed by atoms with E-state index >= 15 is 0 Å². The molecular weight excluding hydrogens is 196 g/mol. The van der Waals surface area contributed by atoms with Crippen molar-refractivity contribution in [3.63, 3.8) is 0 Å². The molecule has 0 aliphatic heterocycles. The van der Waals surface area contributed by atoms with Gasteiger partial charge in [0, 0.05) is 0 Å². The van der Waals surface area contributed by atoms with Gasteiger partial charge in [-0.3, -0.25) is 4.79 Å². The number of nitrogens with zero attached hydrogens (tertiary/aromatic N) is 1. The number of carbonyl (C=O) groups excluding carboxylic acids is 1. The molecule has 0 aromatic rings. The van der Waals surface area contributed by atoms with E-state index in [0.717, 1.165) is 25.7 Å². The summed E-state index contributed by atoms with van der Waals surface area (Å²) in [6, 6.07) is 2.25. The monoisotopic (exact) mass is 212 g/mol. The smallest absolute Gasteiger partial charge is 0.234 e. The zero-order valence-electron chi connectivity index (χ0n) is 8.67. The Morgan fingerprint density at radius 2 is 2.14 bits per heavy atom. The van der Waals surface area contributed by atoms with Crippen molar-refractivity contribution in [3.8, 4) is 6.07 Å². The van der Waals surface area contributed by atoms with Crippen LogP contribution < -0.4 is 5.32 Å². The van der Waals surface area contributed by atoms with E-state index in [1.165, 1.54) is 11.8 Å². The normalized spacial score (nSPS) is 21.2. The van der Waals surface area contributed by atoms with E-state index < -0.39 is 5.54 Å². The first-order valence-corrected chi connectivity index (χ1v) is 6.18. The number of nitriles is 1. The van der Waals surface area contributed by atoms with Gasteiger partial charge in [-0.1, -0.05) is 0 Å². The molecule has 1 fully saturated rings. The van der Waals surface area contributed by atoms with Crippen LogP contribution in [0.3, 0.4) is 0 Å². The lowest BCUT2D eigenvalue weighted by molar-refractivity contribution is -0.121. The van der Waals surface area contributed by atoms with Crippen LogP contribution in [0.25, 0.3) is 0 Å². The van der Waals surface area contributed by atoms with E-state index in [1.54, 1.807) is 0 Å². The molecule has 0 unspecified atom stereocenters. The minimum absolute atomic E-state index is 0.0130. The highest BCUT2D eigenvalue weighted by Crippen LogP contribution is 2.29. The maximum absolute atomic E-state index is 11.6. The number of hydrogen-bond donors (Lipinski definition) is 1. The predicted octanol–water partition coefficient (Wildman–Crippen LogP) is 1.69. The van der Waals surface area contributed by atoms with Crippen molar-refractivity contribution in [2.45, 2.75) is 43.4 Å². The minimum atomic E-state index is -0.568. The van der Waals surface area contributed by atoms with Gasteiger partial charge in [-0.25, -0.2) is 0 Å². The summed E-state index contributed by atoms with van der Waals surface area (Å²) in [6.07, 6.45) is 5.59. The van der Waals surface area contributed by atoms with E-state index in [0.29, 0.717) is 0 Å². The van der Waals surface area contributed by atoms with Crippen LogP contribution in [-0.2, 0) is 4.79 Å². The lowest BCUT2D eigenvalue weighted by Gasteiger charge is -2.23. The molecule has 78 valence electrons. The number of rotatable bonds is 3. The molecule has 14 heavy (non-hydrogen) atoms. The van der Waals surface area contributed by atoms with Crippen molar-refractivity contribution >= 4 is 17.7 Å². The highest BCUT2D eigenvalue weighted by atomic mass is 32.2. The first-order valence-electron chi connectivity index (χ1n) is 4.89. The van der Waals surface area contributed by atoms with Gasteiger partial charge in [0.15, 0.2) is 0 Å². The number of thioether (sulfide) groups is 1. The Balaban J connectivity index is 2.57. The lowest BCUT2D eigenvalue weighted by Crippen LogP contribution is -2.47. The molecule has 1 aliphatic rings. The van der Waals surface area contributed by atoms with Gasteiger partial charge in [0.2, 0.25) is 5.91 Å². The van der Waals surface area contributed by atoms with E-state index in [-0.39, 0.29) is 11.2 Å². The molecule has 3 nitrogen and oxygen atoms in total. The third-order valence-corrected chi connectivity index (χ3v) is 3.68. The average molecular weight is 212 g/mol. The van der Waals surface area contributed by atoms with Gasteiger partial charge in [0.1, 0.15) is 5.54 Å². The van der Waals surface area contributed by atoms with Crippen molar-refractivity contribution in [3.05, 3.63) is 0 Å². The first-order chi connectivity index (χ1) is 6.63. The zero-order chi connectivity index (χ0) is 10.6. The standard InChI is InChI=1S/C10H16N2OS/c1-8(14-2)9(13)12-10(7-11)5-3-4-6-10/h8H,3-6H2,1-2H3,(H,12,13)/t8-/m0/s1. The second-order valence-corrected chi connectivity index (χ2v) is 4.95. The molecule has 1 amide bonds. The van der Waals surface area contributed by atoms with Crippen LogP contribution in [0.2, 0.25) is 0 Å². The highest BCUT2D eigenvalue weighted by Gasteiger charge is 2.36. The molecule has 0 spiro atoms. The summed E-state index contributed by atoms with van der Waals surface area (Å²) in [5.74, 6) is -0.0130. The van der Waals surface area contributed by atoms with Crippen molar-refractivity contribution in [2.24, 2.45) is 0 Å². The van der Waals surface area contributed by atoms with Crippen molar-refractivity contribution < 1.29 is 4.79 Å². The summed E-state index contributed by atoms with van der Waals surface area (Å²) in [5.41, 5.74) is -0.568. The molecule has 1 saturated carbocycles. The van der Waals surface area contributed by atoms with Gasteiger partial charge >= 0.3 is 0 Å². The van der Waals surface area contributed by atoms with Gasteiger partial charge in [-0.2, -0.15) is 17.0 Å². The summed E-state index contributed by atoms with van der Waals surface area (Å²) in [4.78, 5) is 11.6. The largest absolute Gasteiger partial charge is 0.337 e. The van der Waals surface area contributed by atoms with E-state index in [4.69, 9.17) is 5.26 Å². The van der Waals surface area contributed by atoms with Gasteiger partial charge < -0.3 is 5.32 Å². The van der Waals surface area contributed by atoms with Crippen LogP contribution in [0.15, 0.2) is 0 Å². The summed E-state index contributed by atoms with van der Waals surface area (Å²) in [7, 11) is 0. The van der Waals surface area contributed by atoms with Crippen molar-refractivity contribution in [1.82, 2.24) is 5.32 Å². The molecule has 0 saturated heterocycles. The summed E-state index contributed by atoms with van der Waals surface area (Å²) < 4.78 is 0. The maximum Gasteiger partial charge on any atom is 0.234 e. The Hall–Kier alpha value is -0.690. The Morgan fingerprint density at radius 3 is 2.57 bits per heavy atom. The van der Waals surface area contributed by atoms with Crippen LogP contribution >= 0.6 is 11.8 Å². The van der Waals surface area contributed by atoms with Gasteiger partial charge in [-0.05, 0) is 38.9 Å². The summed E-state index contributed by atoms with van der Waals surface area (Å²) >= 11 is 1.50. The summed E-state index contributed by atoms with van der Waals surface area (Å²) in [6.45, 7) is 1.86. The number of amides is 1. The second-order valence-electron chi connectivity index (χ2n) is 3.77. The highest BCUT2D eigenvalue weighted by molar-refractivity contribution is 7.99. The van der Waals surface area contributed by atoms with Crippen molar-refractivity contribution in [1.29, 1.82) is 5.26 Å². The molecule has 1 atom stereocenters. The average Bonchev–Trinajstić information content (AvgIpc) is 2.65. The molecule has 4 heteroatoms. The second kappa shape index (κ2) is 4.70. The Bertz CT molecular complexity index is 253. The quantitative estimate of drug-likeness (QED) is 0.774. The maximum atomic E-state index is 11.6. The molecule has 1 N–H and O–H groups in total. The van der Waals surface area contributed by atoms with Crippen molar-refractivity contribution in [2.75, 3.05) is 6.26 Å². The predicted molar refractivity (Wildman–Crippen MR) is 57.9 cm³/mol. The van der Waals surface area contributed by atoms with E-state index in [1.807, 2.05) is 13.2 Å². The SMILES string of the molecule is CS[C@@H](C)C(=O)NC1(C#N)CCCC1. The number of carbonyl (C=O) groups is 1. The molecular formula is C10H16N2OS. The van der Waals surface area contributed by atoms with Crippen LogP contribution in [-0.4, -0.2) is 23.0 Å². The molecule has 0 radical (unpaired) electrons. The number of nitrogens with one attached hydrogen (secondary N) is 1. The number of hydrogen-bond acceptors (Lipinski definition) is 3. The Kier molecular flexibility index (Phi) is 3.82. The molecule has 0 aromatic carbocycles. The van der Waals surface area contributed by atoms with Gasteiger partial charge in [0.25, 0.3) is 0 Å². The van der Waals surface area contributed by atoms with Crippen LogP contribution in [0.4, 0.5) is 0 Å². The molecule has 0 heterocycles. The van der Waals surface area contributed by atoms with Crippen LogP contribution in [0.5, 0.6) is 0 Å². The van der Waals surface area contributed by atoms with Crippen LogP contribution in [0, 0.1) is 11.3 Å². The van der Waals surface area contributed by atoms with E-state index in [2.05, 4.69) is 11.4 Å². The van der Waals surface area contributed by atoms with E-state index in [9.17, 15) is 4.79 Å². The van der Waals surface area contributed by atoms with Crippen LogP contribution in [0.1, 0.15) is 32.6 Å². The van der Waals surface area contributed by atoms with Gasteiger partial charge in [0.05, 0.1) is 11.3 Å². The molecule has 0 aromatic heterocycles. The fourth-order valence-corrected chi connectivity index (χ4v) is 1.96. The third-order valence-electron chi connectivity index (χ3n) is 2.76. The summed E-state index contributed by atoms with van der Waals surface area (Å²) in [5, 5.41) is 11.9. The Morgan fingerprint density at radius 1 is 1.57 bits per heavy atom. The lowest BCUT2D eigenvalue weighted by atomic mass is 10.00. The first kappa shape index (κ1) is 11.4. The third kappa shape index (κ3) is 2.42. The topological polar surface area (TPSA) is 52.9 Å².